The van der Waals surface area contributed by atoms with E-state index in [0.29, 0.717) is 23.9 Å². The summed E-state index contributed by atoms with van der Waals surface area (Å²) in [6.45, 7) is 6.48. The lowest BCUT2D eigenvalue weighted by atomic mass is 9.91. The van der Waals surface area contributed by atoms with Crippen LogP contribution in [-0.2, 0) is 4.79 Å². The third-order valence-electron chi connectivity index (χ3n) is 3.92. The maximum atomic E-state index is 11.8. The number of carbonyl (C=O) groups excluding carboxylic acids is 1. The van der Waals surface area contributed by atoms with Crippen molar-refractivity contribution < 1.29 is 9.90 Å². The topological polar surface area (TPSA) is 40.5 Å². The molecule has 0 aromatic carbocycles. The van der Waals surface area contributed by atoms with Crippen LogP contribution in [0.25, 0.3) is 0 Å². The van der Waals surface area contributed by atoms with Crippen molar-refractivity contribution in [2.75, 3.05) is 6.61 Å². The number of ketones is 1. The third-order valence-corrected chi connectivity index (χ3v) is 3.92. The molecular formula is C11H19NO2. The molecule has 14 heavy (non-hydrogen) atoms. The summed E-state index contributed by atoms with van der Waals surface area (Å²) in [6, 6.07) is 1.14. The molecule has 3 heteroatoms. The quantitative estimate of drug-likeness (QED) is 0.707. The molecule has 2 bridgehead atoms. The van der Waals surface area contributed by atoms with E-state index in [1.807, 2.05) is 0 Å². The molecule has 0 spiro atoms. The number of hydrogen-bond acceptors (Lipinski definition) is 3. The summed E-state index contributed by atoms with van der Waals surface area (Å²) in [5.74, 6) is 0.361. The largest absolute Gasteiger partial charge is 0.396 e. The average molecular weight is 197 g/mol. The number of fused-ring (bicyclic) bond motifs is 2. The van der Waals surface area contributed by atoms with Crippen molar-refractivity contribution in [3.05, 3.63) is 0 Å². The Hall–Kier alpha value is -0.410. The van der Waals surface area contributed by atoms with Gasteiger partial charge in [-0.25, -0.2) is 0 Å². The fraction of sp³-hybridized carbons (Fsp3) is 0.909. The number of rotatable bonds is 2. The van der Waals surface area contributed by atoms with Crippen LogP contribution in [0, 0.1) is 11.8 Å². The summed E-state index contributed by atoms with van der Waals surface area (Å²) >= 11 is 0. The SMILES string of the molecule is CC(C)N1C(C)C2CC1C(CO)C2=O. The highest BCUT2D eigenvalue weighted by atomic mass is 16.3. The molecule has 0 amide bonds. The smallest absolute Gasteiger partial charge is 0.144 e. The van der Waals surface area contributed by atoms with Gasteiger partial charge in [0.15, 0.2) is 0 Å². The molecule has 0 radical (unpaired) electrons. The second kappa shape index (κ2) is 3.31. The van der Waals surface area contributed by atoms with E-state index >= 15 is 0 Å². The third kappa shape index (κ3) is 1.15. The zero-order valence-corrected chi connectivity index (χ0v) is 9.10. The molecule has 3 nitrogen and oxygen atoms in total. The van der Waals surface area contributed by atoms with Crippen molar-refractivity contribution in [3.63, 3.8) is 0 Å². The first-order valence-corrected chi connectivity index (χ1v) is 5.50. The van der Waals surface area contributed by atoms with Crippen molar-refractivity contribution in [2.45, 2.75) is 45.3 Å². The minimum atomic E-state index is -0.112. The first-order valence-electron chi connectivity index (χ1n) is 5.50. The number of piperidine rings is 1. The van der Waals surface area contributed by atoms with E-state index in [1.165, 1.54) is 0 Å². The summed E-state index contributed by atoms with van der Waals surface area (Å²) in [5.41, 5.74) is 0. The van der Waals surface area contributed by atoms with Gasteiger partial charge >= 0.3 is 0 Å². The molecule has 2 rings (SSSR count). The highest BCUT2D eigenvalue weighted by molar-refractivity contribution is 5.88. The first-order chi connectivity index (χ1) is 6.57. The normalized spacial score (nSPS) is 42.8. The van der Waals surface area contributed by atoms with Crippen LogP contribution in [0.5, 0.6) is 0 Å². The van der Waals surface area contributed by atoms with Crippen LogP contribution in [0.3, 0.4) is 0 Å². The number of hydrogen-bond donors (Lipinski definition) is 1. The van der Waals surface area contributed by atoms with E-state index in [4.69, 9.17) is 0 Å². The number of aliphatic hydroxyl groups excluding tert-OH is 1. The number of carbonyl (C=O) groups is 1. The van der Waals surface area contributed by atoms with Crippen LogP contribution in [0.15, 0.2) is 0 Å². The van der Waals surface area contributed by atoms with Crippen LogP contribution in [0.1, 0.15) is 27.2 Å². The Morgan fingerprint density at radius 1 is 1.57 bits per heavy atom. The highest BCUT2D eigenvalue weighted by Gasteiger charge is 2.55. The molecule has 80 valence electrons. The Balaban J connectivity index is 2.23. The van der Waals surface area contributed by atoms with Gasteiger partial charge in [0.1, 0.15) is 5.78 Å². The van der Waals surface area contributed by atoms with Crippen molar-refractivity contribution in [1.29, 1.82) is 0 Å². The fourth-order valence-corrected chi connectivity index (χ4v) is 3.34. The number of nitrogens with zero attached hydrogens (tertiary/aromatic N) is 1. The van der Waals surface area contributed by atoms with Gasteiger partial charge in [-0.3, -0.25) is 9.69 Å². The molecule has 4 atom stereocenters. The average Bonchev–Trinajstić information content (AvgIpc) is 2.58. The van der Waals surface area contributed by atoms with Crippen molar-refractivity contribution in [2.24, 2.45) is 11.8 Å². The predicted octanol–water partition coefficient (Wildman–Crippen LogP) is 0.665. The van der Waals surface area contributed by atoms with E-state index in [2.05, 4.69) is 25.7 Å². The predicted molar refractivity (Wildman–Crippen MR) is 53.9 cm³/mol. The second-order valence-corrected chi connectivity index (χ2v) is 4.88. The summed E-state index contributed by atoms with van der Waals surface area (Å²) < 4.78 is 0. The van der Waals surface area contributed by atoms with E-state index in [0.717, 1.165) is 6.42 Å². The van der Waals surface area contributed by atoms with Crippen molar-refractivity contribution in [1.82, 2.24) is 4.90 Å². The Labute approximate surface area is 85.1 Å². The maximum absolute atomic E-state index is 11.8. The van der Waals surface area contributed by atoms with E-state index in [9.17, 15) is 9.90 Å². The molecule has 4 unspecified atom stereocenters. The van der Waals surface area contributed by atoms with Gasteiger partial charge in [-0.1, -0.05) is 0 Å². The van der Waals surface area contributed by atoms with E-state index in [-0.39, 0.29) is 18.4 Å². The molecule has 2 fully saturated rings. The minimum Gasteiger partial charge on any atom is -0.396 e. The number of Topliss-reactive ketones (excluding diaryl/α,β-unsaturated/α-hetero) is 1. The number of likely N-dealkylation sites (tertiary alicyclic amines) is 1. The second-order valence-electron chi connectivity index (χ2n) is 4.88. The zero-order chi connectivity index (χ0) is 10.5. The van der Waals surface area contributed by atoms with Crippen molar-refractivity contribution in [3.8, 4) is 0 Å². The zero-order valence-electron chi connectivity index (χ0n) is 9.10. The Morgan fingerprint density at radius 3 is 2.64 bits per heavy atom. The molecule has 1 heterocycles. The molecule has 1 saturated heterocycles. The summed E-state index contributed by atoms with van der Waals surface area (Å²) in [6.07, 6.45) is 0.962. The Morgan fingerprint density at radius 2 is 2.21 bits per heavy atom. The lowest BCUT2D eigenvalue weighted by Gasteiger charge is -2.39. The molecule has 0 aromatic heterocycles. The van der Waals surface area contributed by atoms with Gasteiger partial charge in [0.05, 0.1) is 12.5 Å². The van der Waals surface area contributed by atoms with Crippen LogP contribution in [0.2, 0.25) is 0 Å². The van der Waals surface area contributed by atoms with Gasteiger partial charge in [-0.2, -0.15) is 0 Å². The van der Waals surface area contributed by atoms with Gasteiger partial charge < -0.3 is 5.11 Å². The minimum absolute atomic E-state index is 0.0237. The molecule has 1 N–H and O–H groups in total. The molecule has 1 aliphatic heterocycles. The van der Waals surface area contributed by atoms with E-state index in [1.54, 1.807) is 0 Å². The van der Waals surface area contributed by atoms with Gasteiger partial charge in [-0.05, 0) is 27.2 Å². The molecular weight excluding hydrogens is 178 g/mol. The van der Waals surface area contributed by atoms with Crippen LogP contribution < -0.4 is 0 Å². The monoisotopic (exact) mass is 197 g/mol. The summed E-state index contributed by atoms with van der Waals surface area (Å²) in [7, 11) is 0. The van der Waals surface area contributed by atoms with Gasteiger partial charge in [0.25, 0.3) is 0 Å². The lowest BCUT2D eigenvalue weighted by Crippen LogP contribution is -2.51. The van der Waals surface area contributed by atoms with Crippen molar-refractivity contribution >= 4 is 5.78 Å². The fourth-order valence-electron chi connectivity index (χ4n) is 3.34. The standard InChI is InChI=1S/C11H19NO2/c1-6(2)12-7(3)8-4-10(12)9(5-13)11(8)14/h6-10,13H,4-5H2,1-3H3. The summed E-state index contributed by atoms with van der Waals surface area (Å²) in [4.78, 5) is 14.2. The van der Waals surface area contributed by atoms with Crippen LogP contribution >= 0.6 is 0 Å². The van der Waals surface area contributed by atoms with Gasteiger partial charge in [0, 0.05) is 24.0 Å². The maximum Gasteiger partial charge on any atom is 0.144 e. The van der Waals surface area contributed by atoms with E-state index < -0.39 is 0 Å². The van der Waals surface area contributed by atoms with Crippen LogP contribution in [-0.4, -0.2) is 40.5 Å². The molecule has 1 aliphatic carbocycles. The Bertz CT molecular complexity index is 248. The lowest BCUT2D eigenvalue weighted by molar-refractivity contribution is -0.131. The first kappa shape index (κ1) is 10.1. The molecule has 1 saturated carbocycles. The highest BCUT2D eigenvalue weighted by Crippen LogP contribution is 2.44. The summed E-state index contributed by atoms with van der Waals surface area (Å²) in [5, 5.41) is 9.20. The van der Waals surface area contributed by atoms with Gasteiger partial charge in [-0.15, -0.1) is 0 Å². The number of aliphatic hydroxyl groups is 1. The van der Waals surface area contributed by atoms with Crippen LogP contribution in [0.4, 0.5) is 0 Å². The molecule has 2 aliphatic rings. The van der Waals surface area contributed by atoms with Gasteiger partial charge in [0.2, 0.25) is 0 Å². The molecule has 0 aromatic rings. The Kier molecular flexibility index (Phi) is 2.40.